The molecule has 0 aromatic carbocycles. The van der Waals surface area contributed by atoms with Crippen molar-refractivity contribution in [2.75, 3.05) is 33.9 Å². The third-order valence-electron chi connectivity index (χ3n) is 4.98. The number of hydrogen-bond donors (Lipinski definition) is 2. The van der Waals surface area contributed by atoms with Crippen molar-refractivity contribution in [1.82, 2.24) is 30.1 Å². The molecule has 0 spiro atoms. The number of carbonyl (C=O) groups excluding carboxylic acids is 1. The molecule has 8 heteroatoms. The van der Waals surface area contributed by atoms with Gasteiger partial charge < -0.3 is 20.3 Å². The van der Waals surface area contributed by atoms with Crippen molar-refractivity contribution in [3.05, 3.63) is 42.6 Å². The van der Waals surface area contributed by atoms with Crippen molar-refractivity contribution >= 4 is 6.03 Å². The van der Waals surface area contributed by atoms with Gasteiger partial charge in [-0.25, -0.2) is 14.8 Å². The first-order chi connectivity index (χ1) is 12.6. The van der Waals surface area contributed by atoms with E-state index in [-0.39, 0.29) is 11.6 Å². The fourth-order valence-electron chi connectivity index (χ4n) is 3.13. The second-order valence-electron chi connectivity index (χ2n) is 6.76. The van der Waals surface area contributed by atoms with Crippen LogP contribution in [0, 0.1) is 0 Å². The van der Waals surface area contributed by atoms with Crippen molar-refractivity contribution in [3.8, 4) is 5.82 Å². The molecule has 3 heterocycles. The van der Waals surface area contributed by atoms with Crippen LogP contribution in [-0.4, -0.2) is 64.9 Å². The van der Waals surface area contributed by atoms with Crippen LogP contribution in [0.25, 0.3) is 5.82 Å². The maximum absolute atomic E-state index is 12.2. The number of rotatable bonds is 6. The number of nitrogens with one attached hydrogen (secondary N) is 2. The van der Waals surface area contributed by atoms with Crippen LogP contribution < -0.4 is 10.6 Å². The molecule has 1 fully saturated rings. The Morgan fingerprint density at radius 1 is 1.31 bits per heavy atom. The Labute approximate surface area is 153 Å². The zero-order valence-corrected chi connectivity index (χ0v) is 15.3. The highest BCUT2D eigenvalue weighted by molar-refractivity contribution is 5.73. The van der Waals surface area contributed by atoms with Crippen LogP contribution >= 0.6 is 0 Å². The molecule has 2 aromatic heterocycles. The van der Waals surface area contributed by atoms with E-state index in [9.17, 15) is 4.79 Å². The number of nitrogens with zero attached hydrogens (tertiary/aromatic N) is 4. The van der Waals surface area contributed by atoms with Crippen LogP contribution in [0.3, 0.4) is 0 Å². The summed E-state index contributed by atoms with van der Waals surface area (Å²) in [6, 6.07) is 3.65. The average molecular weight is 358 g/mol. The van der Waals surface area contributed by atoms with Gasteiger partial charge in [-0.15, -0.1) is 0 Å². The van der Waals surface area contributed by atoms with Crippen molar-refractivity contribution in [1.29, 1.82) is 0 Å². The summed E-state index contributed by atoms with van der Waals surface area (Å²) in [4.78, 5) is 22.8. The van der Waals surface area contributed by atoms with Gasteiger partial charge in [0.05, 0.1) is 0 Å². The third-order valence-corrected chi connectivity index (χ3v) is 4.98. The zero-order valence-electron chi connectivity index (χ0n) is 15.3. The largest absolute Gasteiger partial charge is 0.381 e. The minimum Gasteiger partial charge on any atom is -0.381 e. The number of imidazole rings is 1. The van der Waals surface area contributed by atoms with Crippen LogP contribution in [0.5, 0.6) is 0 Å². The lowest BCUT2D eigenvalue weighted by Gasteiger charge is -2.42. The lowest BCUT2D eigenvalue weighted by Crippen LogP contribution is -2.56. The maximum atomic E-state index is 12.2. The summed E-state index contributed by atoms with van der Waals surface area (Å²) in [5, 5.41) is 5.92. The Balaban J connectivity index is 1.52. The summed E-state index contributed by atoms with van der Waals surface area (Å²) in [5.74, 6) is 0.774. The molecular formula is C18H26N6O2. The molecule has 140 valence electrons. The molecule has 0 aliphatic carbocycles. The summed E-state index contributed by atoms with van der Waals surface area (Å²) < 4.78 is 7.29. The van der Waals surface area contributed by atoms with E-state index in [1.165, 1.54) is 0 Å². The van der Waals surface area contributed by atoms with Gasteiger partial charge in [0.15, 0.2) is 0 Å². The summed E-state index contributed by atoms with van der Waals surface area (Å²) in [7, 11) is 4.11. The van der Waals surface area contributed by atoms with Gasteiger partial charge in [-0.05, 0) is 44.6 Å². The van der Waals surface area contributed by atoms with E-state index < -0.39 is 0 Å². The van der Waals surface area contributed by atoms with Gasteiger partial charge >= 0.3 is 6.03 Å². The first kappa shape index (κ1) is 18.3. The van der Waals surface area contributed by atoms with E-state index in [0.29, 0.717) is 13.1 Å². The average Bonchev–Trinajstić information content (AvgIpc) is 3.20. The predicted octanol–water partition coefficient (Wildman–Crippen LogP) is 1.18. The minimum absolute atomic E-state index is 0.0408. The zero-order chi connectivity index (χ0) is 18.4. The molecule has 26 heavy (non-hydrogen) atoms. The number of likely N-dealkylation sites (N-methyl/N-ethyl adjacent to an activating group) is 1. The van der Waals surface area contributed by atoms with E-state index >= 15 is 0 Å². The lowest BCUT2D eigenvalue weighted by atomic mass is 9.88. The number of amides is 2. The molecule has 0 unspecified atom stereocenters. The molecule has 0 radical (unpaired) electrons. The van der Waals surface area contributed by atoms with Crippen LogP contribution in [0.15, 0.2) is 37.1 Å². The maximum Gasteiger partial charge on any atom is 0.315 e. The third kappa shape index (κ3) is 4.39. The Hall–Kier alpha value is -2.45. The van der Waals surface area contributed by atoms with Crippen LogP contribution in [0.1, 0.15) is 18.4 Å². The molecule has 1 aliphatic rings. The standard InChI is InChI=1S/C18H26N6O2/c1-23(2)18(4-9-26-10-5-18)13-22-17(25)21-12-15-3-6-20-16(11-15)24-8-7-19-14-24/h3,6-8,11,14H,4-5,9-10,12-13H2,1-2H3,(H2,21,22,25). The van der Waals surface area contributed by atoms with Crippen molar-refractivity contribution in [2.24, 2.45) is 0 Å². The van der Waals surface area contributed by atoms with Gasteiger partial charge in [-0.3, -0.25) is 4.57 Å². The number of aromatic nitrogens is 3. The Morgan fingerprint density at radius 3 is 2.81 bits per heavy atom. The highest BCUT2D eigenvalue weighted by Crippen LogP contribution is 2.24. The summed E-state index contributed by atoms with van der Waals surface area (Å²) in [6.07, 6.45) is 8.80. The van der Waals surface area contributed by atoms with Gasteiger partial charge in [0.1, 0.15) is 12.1 Å². The number of carbonyl (C=O) groups is 1. The fourth-order valence-corrected chi connectivity index (χ4v) is 3.13. The summed E-state index contributed by atoms with van der Waals surface area (Å²) in [5.41, 5.74) is 0.938. The second-order valence-corrected chi connectivity index (χ2v) is 6.76. The van der Waals surface area contributed by atoms with Gasteiger partial charge in [-0.1, -0.05) is 0 Å². The van der Waals surface area contributed by atoms with E-state index in [2.05, 4.69) is 39.6 Å². The molecule has 3 rings (SSSR count). The van der Waals surface area contributed by atoms with Gasteiger partial charge in [0.2, 0.25) is 0 Å². The van der Waals surface area contributed by atoms with Gasteiger partial charge in [-0.2, -0.15) is 0 Å². The molecule has 8 nitrogen and oxygen atoms in total. The van der Waals surface area contributed by atoms with Crippen LogP contribution in [0.2, 0.25) is 0 Å². The number of pyridine rings is 1. The molecule has 2 amide bonds. The summed E-state index contributed by atoms with van der Waals surface area (Å²) in [6.45, 7) is 2.50. The first-order valence-electron chi connectivity index (χ1n) is 8.79. The molecule has 0 bridgehead atoms. The molecule has 1 saturated heterocycles. The molecule has 0 atom stereocenters. The Morgan fingerprint density at radius 2 is 2.12 bits per heavy atom. The number of ether oxygens (including phenoxy) is 1. The van der Waals surface area contributed by atoms with Crippen molar-refractivity contribution < 1.29 is 9.53 Å². The SMILES string of the molecule is CN(C)C1(CNC(=O)NCc2ccnc(-n3ccnc3)c2)CCOCC1. The highest BCUT2D eigenvalue weighted by atomic mass is 16.5. The van der Waals surface area contributed by atoms with Gasteiger partial charge in [0.25, 0.3) is 0 Å². The van der Waals surface area contributed by atoms with Crippen LogP contribution in [-0.2, 0) is 11.3 Å². The minimum atomic E-state index is -0.168. The molecule has 2 aromatic rings. The summed E-state index contributed by atoms with van der Waals surface area (Å²) >= 11 is 0. The molecule has 2 N–H and O–H groups in total. The van der Waals surface area contributed by atoms with Crippen molar-refractivity contribution in [3.63, 3.8) is 0 Å². The van der Waals surface area contributed by atoms with E-state index in [1.807, 2.05) is 22.9 Å². The first-order valence-corrected chi connectivity index (χ1v) is 8.79. The molecule has 0 saturated carbocycles. The van der Waals surface area contributed by atoms with Gasteiger partial charge in [0, 0.05) is 50.4 Å². The number of hydrogen-bond acceptors (Lipinski definition) is 5. The lowest BCUT2D eigenvalue weighted by molar-refractivity contribution is -0.00571. The Bertz CT molecular complexity index is 710. The number of urea groups is 1. The normalized spacial score (nSPS) is 16.4. The topological polar surface area (TPSA) is 84.3 Å². The quantitative estimate of drug-likeness (QED) is 0.810. The van der Waals surface area contributed by atoms with Crippen molar-refractivity contribution in [2.45, 2.75) is 24.9 Å². The van der Waals surface area contributed by atoms with Crippen LogP contribution in [0.4, 0.5) is 4.79 Å². The second kappa shape index (κ2) is 8.29. The molecular weight excluding hydrogens is 332 g/mol. The smallest absolute Gasteiger partial charge is 0.315 e. The fraction of sp³-hybridized carbons (Fsp3) is 0.500. The monoisotopic (exact) mass is 358 g/mol. The molecule has 1 aliphatic heterocycles. The predicted molar refractivity (Wildman–Crippen MR) is 98.1 cm³/mol. The van der Waals surface area contributed by atoms with E-state index in [4.69, 9.17) is 4.74 Å². The van der Waals surface area contributed by atoms with E-state index in [0.717, 1.165) is 37.4 Å². The van der Waals surface area contributed by atoms with E-state index in [1.54, 1.807) is 18.7 Å². The highest BCUT2D eigenvalue weighted by Gasteiger charge is 2.35. The Kier molecular flexibility index (Phi) is 5.85.